The van der Waals surface area contributed by atoms with Gasteiger partial charge in [-0.05, 0) is 0 Å². The minimum atomic E-state index is -4.67. The Balaban J connectivity index is -0.000000000667. The van der Waals surface area contributed by atoms with Gasteiger partial charge < -0.3 is 74.7 Å². The first-order valence-electron chi connectivity index (χ1n) is 0.698. The zero-order valence-electron chi connectivity index (χ0n) is 11.5. The minimum absolute atomic E-state index is 0. The van der Waals surface area contributed by atoms with Crippen molar-refractivity contribution in [2.45, 2.75) is 0 Å². The van der Waals surface area contributed by atoms with E-state index in [1.165, 1.54) is 0 Å². The van der Waals surface area contributed by atoms with Crippen LogP contribution in [-0.4, -0.2) is 106 Å². The van der Waals surface area contributed by atoms with Gasteiger partial charge in [-0.25, -0.2) is 0 Å². The van der Waals surface area contributed by atoms with E-state index in [0.717, 1.165) is 0 Å². The molecule has 0 heterocycles. The fraction of sp³-hybridized carbons (Fsp3) is 0. The number of hydrogen-bond acceptors (Lipinski definition) is 3. The van der Waals surface area contributed by atoms with Gasteiger partial charge in [-0.15, -0.1) is 0 Å². The van der Waals surface area contributed by atoms with Gasteiger partial charge in [0.15, 0.2) is 0 Å². The second-order valence-corrected chi connectivity index (χ2v) is 1.34. The molecule has 19 heavy (non-hydrogen) atoms. The van der Waals surface area contributed by atoms with Crippen molar-refractivity contribution in [3.63, 3.8) is 0 Å². The molecule has 0 rings (SSSR count). The van der Waals surface area contributed by atoms with Gasteiger partial charge >= 0.3 is 33.5 Å². The van der Waals surface area contributed by atoms with Crippen LogP contribution in [0.4, 0.5) is 0 Å². The maximum Gasteiger partial charge on any atom is 2.00 e. The van der Waals surface area contributed by atoms with Gasteiger partial charge in [-0.3, -0.25) is 9.11 Å². The first-order chi connectivity index (χ1) is 2.00. The third-order valence-electron chi connectivity index (χ3n) is 0. The molecule has 17 nitrogen and oxygen atoms in total. The molecular weight excluding hydrogens is 326 g/mol. The van der Waals surface area contributed by atoms with Crippen LogP contribution in [0.2, 0.25) is 0 Å². The van der Waals surface area contributed by atoms with E-state index in [-0.39, 0.29) is 97.8 Å². The molecule has 0 unspecified atom stereocenters. The van der Waals surface area contributed by atoms with Crippen LogP contribution in [0.15, 0.2) is 0 Å². The minimum Gasteiger partial charge on any atom is -1.00 e. The third kappa shape index (κ3) is 348000. The molecule has 0 fully saturated rings. The standard InChI is InChI=1S/Mg.H3N.H2O4S.12H2O.2H/c;;1-5(2,3)4;;;;;;;;;;;;;;/h;1H3;(H2,1,2,3,4);12*1H2;;/q+2;;;;;;;;;;;;;;;2*-1. The molecule has 29 N–H and O–H groups in total. The maximum absolute atomic E-state index is 8.74. The largest absolute Gasteiger partial charge is 2.00 e. The van der Waals surface area contributed by atoms with Crippen molar-refractivity contribution >= 4 is 33.5 Å². The van der Waals surface area contributed by atoms with Crippen LogP contribution in [-0.2, 0) is 10.4 Å². The summed E-state index contributed by atoms with van der Waals surface area (Å²) in [5.41, 5.74) is 0. The van der Waals surface area contributed by atoms with E-state index in [9.17, 15) is 0 Å². The summed E-state index contributed by atoms with van der Waals surface area (Å²) < 4.78 is 31.6. The third-order valence-corrected chi connectivity index (χ3v) is 0. The summed E-state index contributed by atoms with van der Waals surface area (Å²) in [5, 5.41) is 0. The van der Waals surface area contributed by atoms with Crippen molar-refractivity contribution in [1.29, 1.82) is 0 Å². The Bertz CT molecular complexity index is 109. The van der Waals surface area contributed by atoms with E-state index < -0.39 is 10.4 Å². The van der Waals surface area contributed by atoms with Crippen LogP contribution in [0.5, 0.6) is 0 Å². The summed E-state index contributed by atoms with van der Waals surface area (Å²) in [5.74, 6) is 0. The van der Waals surface area contributed by atoms with Crippen molar-refractivity contribution in [2.75, 3.05) is 0 Å². The van der Waals surface area contributed by atoms with Gasteiger partial charge in [-0.1, -0.05) is 0 Å². The Kier molecular flexibility index (Phi) is 2770. The molecule has 0 saturated carbocycles. The first kappa shape index (κ1) is 370. The van der Waals surface area contributed by atoms with Gasteiger partial charge in [0, 0.05) is 0 Å². The van der Waals surface area contributed by atoms with Crippen LogP contribution in [0.3, 0.4) is 0 Å². The summed E-state index contributed by atoms with van der Waals surface area (Å²) in [7, 11) is -4.67. The van der Waals surface area contributed by atoms with E-state index in [1.807, 2.05) is 0 Å². The van der Waals surface area contributed by atoms with E-state index in [2.05, 4.69) is 0 Å². The molecule has 0 saturated heterocycles. The zero-order chi connectivity index (χ0) is 4.50. The van der Waals surface area contributed by atoms with Crippen LogP contribution >= 0.6 is 0 Å². The summed E-state index contributed by atoms with van der Waals surface area (Å²) in [6.07, 6.45) is 0. The quantitative estimate of drug-likeness (QED) is 0.279. The van der Waals surface area contributed by atoms with Crippen molar-refractivity contribution in [2.24, 2.45) is 0 Å². The summed E-state index contributed by atoms with van der Waals surface area (Å²) in [6, 6.07) is 0. The predicted octanol–water partition coefficient (Wildman–Crippen LogP) is -10.5. The molecule has 0 aromatic carbocycles. The van der Waals surface area contributed by atoms with E-state index in [0.29, 0.717) is 0 Å². The number of hydrogen-bond donors (Lipinski definition) is 3. The summed E-state index contributed by atoms with van der Waals surface area (Å²) in [6.45, 7) is 0. The van der Waals surface area contributed by atoms with Crippen molar-refractivity contribution in [3.8, 4) is 0 Å². The molecular formula is H31MgNO16S. The monoisotopic (exact) mass is 357 g/mol. The van der Waals surface area contributed by atoms with Gasteiger partial charge in [0.2, 0.25) is 0 Å². The second-order valence-electron chi connectivity index (χ2n) is 0.448. The predicted molar refractivity (Wildman–Crippen MR) is 70.5 cm³/mol. The Morgan fingerprint density at radius 2 is 0.526 bits per heavy atom. The second kappa shape index (κ2) is 142. The molecule has 0 radical (unpaired) electrons. The Hall–Kier alpha value is 0.116. The molecule has 0 aromatic heterocycles. The van der Waals surface area contributed by atoms with E-state index >= 15 is 0 Å². The maximum atomic E-state index is 8.74. The van der Waals surface area contributed by atoms with E-state index in [4.69, 9.17) is 17.5 Å². The fourth-order valence-corrected chi connectivity index (χ4v) is 0. The molecule has 0 bridgehead atoms. The molecule has 0 aromatic rings. The van der Waals surface area contributed by atoms with E-state index in [1.54, 1.807) is 0 Å². The van der Waals surface area contributed by atoms with Gasteiger partial charge in [-0.2, -0.15) is 8.42 Å². The Labute approximate surface area is 126 Å². The van der Waals surface area contributed by atoms with Crippen molar-refractivity contribution in [1.82, 2.24) is 6.15 Å². The smallest absolute Gasteiger partial charge is 1.00 e. The average molecular weight is 358 g/mol. The van der Waals surface area contributed by atoms with Crippen LogP contribution < -0.4 is 6.15 Å². The van der Waals surface area contributed by atoms with Gasteiger partial charge in [0.25, 0.3) is 0 Å². The molecule has 0 aliphatic heterocycles. The molecule has 0 aliphatic carbocycles. The molecule has 140 valence electrons. The SMILES string of the molecule is N.O.O.O.O.O.O.O.O.O.O.O.O.O=S(=O)(O)O.[H-].[H-].[Mg+2]. The van der Waals surface area contributed by atoms with Gasteiger partial charge in [0.05, 0.1) is 0 Å². The molecule has 0 atom stereocenters. The van der Waals surface area contributed by atoms with Crippen molar-refractivity contribution < 1.29 is 86.1 Å². The summed E-state index contributed by atoms with van der Waals surface area (Å²) in [4.78, 5) is 0. The molecule has 19 heteroatoms. The molecule has 0 amide bonds. The Morgan fingerprint density at radius 3 is 0.526 bits per heavy atom. The molecule has 0 aliphatic rings. The van der Waals surface area contributed by atoms with Crippen molar-refractivity contribution in [3.05, 3.63) is 0 Å². The topological polar surface area (TPSA) is 488 Å². The molecule has 0 spiro atoms. The first-order valence-corrected chi connectivity index (χ1v) is 2.10. The van der Waals surface area contributed by atoms with Crippen LogP contribution in [0.25, 0.3) is 0 Å². The van der Waals surface area contributed by atoms with Gasteiger partial charge in [0.1, 0.15) is 0 Å². The Morgan fingerprint density at radius 1 is 0.526 bits per heavy atom. The average Bonchev–Trinajstić information content (AvgIpc) is 0.722. The van der Waals surface area contributed by atoms with Crippen LogP contribution in [0, 0.1) is 0 Å². The zero-order valence-corrected chi connectivity index (χ0v) is 11.8. The normalized spacial score (nSPS) is 3.05. The fourth-order valence-electron chi connectivity index (χ4n) is 0. The van der Waals surface area contributed by atoms with Crippen LogP contribution in [0.1, 0.15) is 2.85 Å². The number of rotatable bonds is 0. The summed E-state index contributed by atoms with van der Waals surface area (Å²) >= 11 is 0.